The number of ether oxygens (including phenoxy) is 1. The van der Waals surface area contributed by atoms with E-state index in [1.165, 1.54) is 11.1 Å². The zero-order valence-corrected chi connectivity index (χ0v) is 20.4. The largest absolute Gasteiger partial charge is 0.417 e. The van der Waals surface area contributed by atoms with Gasteiger partial charge in [0.15, 0.2) is 11.5 Å². The molecule has 1 aliphatic heterocycles. The topological polar surface area (TPSA) is 80.8 Å². The fourth-order valence-corrected chi connectivity index (χ4v) is 6.31. The Balaban J connectivity index is 1.62. The van der Waals surface area contributed by atoms with Crippen LogP contribution in [0, 0.1) is 5.41 Å². The molecular weight excluding hydrogens is 495 g/mol. The Labute approximate surface area is 210 Å². The molecule has 2 N–H and O–H groups in total. The van der Waals surface area contributed by atoms with Crippen LogP contribution in [-0.4, -0.2) is 40.5 Å². The number of pyridine rings is 1. The summed E-state index contributed by atoms with van der Waals surface area (Å²) in [6, 6.07) is 5.97. The molecule has 1 amide bonds. The number of amides is 1. The van der Waals surface area contributed by atoms with Crippen LogP contribution < -0.4 is 5.73 Å². The highest BCUT2D eigenvalue weighted by Gasteiger charge is 2.67. The van der Waals surface area contributed by atoms with Crippen molar-refractivity contribution in [3.63, 3.8) is 0 Å². The number of aromatic nitrogens is 1. The quantitative estimate of drug-likeness (QED) is 0.556. The van der Waals surface area contributed by atoms with Crippen molar-refractivity contribution in [2.24, 2.45) is 16.1 Å². The van der Waals surface area contributed by atoms with Gasteiger partial charge in [-0.3, -0.25) is 14.7 Å². The number of aliphatic imine (C=N–C) groups is 1. The normalized spacial score (nSPS) is 27.6. The Hall–Kier alpha value is -3.08. The number of halogens is 5. The van der Waals surface area contributed by atoms with E-state index < -0.39 is 35.4 Å². The fourth-order valence-electron chi connectivity index (χ4n) is 6.31. The average Bonchev–Trinajstić information content (AvgIpc) is 3.25. The lowest BCUT2D eigenvalue weighted by molar-refractivity contribution is -0.179. The van der Waals surface area contributed by atoms with Gasteiger partial charge in [-0.2, -0.15) is 22.0 Å². The second kappa shape index (κ2) is 8.75. The molecule has 0 radical (unpaired) electrons. The van der Waals surface area contributed by atoms with Gasteiger partial charge in [0.05, 0.1) is 11.7 Å². The maximum atomic E-state index is 14.1. The van der Waals surface area contributed by atoms with Crippen LogP contribution in [0.25, 0.3) is 11.1 Å². The predicted octanol–water partition coefficient (Wildman–Crippen LogP) is 5.25. The van der Waals surface area contributed by atoms with E-state index in [0.717, 1.165) is 17.8 Å². The molecule has 37 heavy (non-hydrogen) atoms. The lowest BCUT2D eigenvalue weighted by Crippen LogP contribution is -2.53. The summed E-state index contributed by atoms with van der Waals surface area (Å²) in [5, 5.41) is 0. The lowest BCUT2D eigenvalue weighted by atomic mass is 9.61. The minimum absolute atomic E-state index is 0.0734. The molecule has 2 aromatic rings. The van der Waals surface area contributed by atoms with E-state index in [1.54, 1.807) is 18.2 Å². The monoisotopic (exact) mass is 522 g/mol. The number of nitrogens with two attached hydrogens (primary N) is 1. The van der Waals surface area contributed by atoms with Crippen LogP contribution in [0.1, 0.15) is 56.2 Å². The Morgan fingerprint density at radius 2 is 1.81 bits per heavy atom. The smallest absolute Gasteiger partial charge is 0.369 e. The Bertz CT molecular complexity index is 1250. The fraction of sp³-hybridized carbons (Fsp3) is 0.500. The number of hydrogen-bond acceptors (Lipinski definition) is 5. The molecule has 1 saturated carbocycles. The summed E-state index contributed by atoms with van der Waals surface area (Å²) in [6.07, 6.45) is -1.13. The second-order valence-corrected chi connectivity index (χ2v) is 10.3. The van der Waals surface area contributed by atoms with Crippen molar-refractivity contribution in [3.05, 3.63) is 53.3 Å². The van der Waals surface area contributed by atoms with Gasteiger partial charge in [0, 0.05) is 29.4 Å². The SMILES string of the molecule is CC(C)N1C(=O)C2(N=C1N)c1cc(-c3cncc(C(F)(F)F)c3)ccc1CC21CCC(OC(F)F)CC1. The van der Waals surface area contributed by atoms with Gasteiger partial charge in [0.1, 0.15) is 0 Å². The first-order valence-electron chi connectivity index (χ1n) is 12.2. The van der Waals surface area contributed by atoms with E-state index in [2.05, 4.69) is 4.98 Å². The van der Waals surface area contributed by atoms with Gasteiger partial charge in [-0.05, 0) is 74.8 Å². The van der Waals surface area contributed by atoms with E-state index in [0.29, 0.717) is 43.2 Å². The van der Waals surface area contributed by atoms with Gasteiger partial charge in [0.2, 0.25) is 0 Å². The summed E-state index contributed by atoms with van der Waals surface area (Å²) in [7, 11) is 0. The molecule has 11 heteroatoms. The zero-order valence-electron chi connectivity index (χ0n) is 20.4. The first-order valence-corrected chi connectivity index (χ1v) is 12.2. The van der Waals surface area contributed by atoms with Crippen LogP contribution in [0.15, 0.2) is 41.7 Å². The third kappa shape index (κ3) is 3.98. The lowest BCUT2D eigenvalue weighted by Gasteiger charge is -2.45. The Kier molecular flexibility index (Phi) is 6.04. The van der Waals surface area contributed by atoms with E-state index in [9.17, 15) is 26.7 Å². The van der Waals surface area contributed by atoms with Crippen molar-refractivity contribution in [2.75, 3.05) is 0 Å². The molecule has 3 aliphatic rings. The number of rotatable bonds is 4. The van der Waals surface area contributed by atoms with Gasteiger partial charge in [-0.25, -0.2) is 4.99 Å². The summed E-state index contributed by atoms with van der Waals surface area (Å²) in [5.41, 5.74) is 5.45. The summed E-state index contributed by atoms with van der Waals surface area (Å²) < 4.78 is 70.5. The number of nitrogens with zero attached hydrogens (tertiary/aromatic N) is 3. The summed E-state index contributed by atoms with van der Waals surface area (Å²) in [6.45, 7) is 0.760. The molecular formula is C26H27F5N4O2. The molecule has 1 unspecified atom stereocenters. The van der Waals surface area contributed by atoms with Crippen molar-refractivity contribution in [1.82, 2.24) is 9.88 Å². The first-order chi connectivity index (χ1) is 17.4. The van der Waals surface area contributed by atoms with Gasteiger partial charge >= 0.3 is 12.8 Å². The van der Waals surface area contributed by atoms with Crippen molar-refractivity contribution >= 4 is 11.9 Å². The molecule has 5 rings (SSSR count). The zero-order chi connectivity index (χ0) is 26.8. The highest BCUT2D eigenvalue weighted by Crippen LogP contribution is 2.62. The maximum Gasteiger partial charge on any atom is 0.417 e. The molecule has 1 aromatic heterocycles. The molecule has 6 nitrogen and oxygen atoms in total. The Morgan fingerprint density at radius 3 is 2.41 bits per heavy atom. The van der Waals surface area contributed by atoms with E-state index in [1.807, 2.05) is 13.8 Å². The number of carbonyl (C=O) groups is 1. The first kappa shape index (κ1) is 25.6. The highest BCUT2D eigenvalue weighted by atomic mass is 19.4. The van der Waals surface area contributed by atoms with Crippen LogP contribution in [0.4, 0.5) is 22.0 Å². The van der Waals surface area contributed by atoms with Crippen LogP contribution in [0.5, 0.6) is 0 Å². The minimum atomic E-state index is -4.55. The molecule has 2 heterocycles. The van der Waals surface area contributed by atoms with Crippen molar-refractivity contribution in [2.45, 2.75) is 76.4 Å². The average molecular weight is 523 g/mol. The number of alkyl halides is 5. The molecule has 0 saturated heterocycles. The number of benzene rings is 1. The molecule has 198 valence electrons. The summed E-state index contributed by atoms with van der Waals surface area (Å²) >= 11 is 0. The number of hydrogen-bond donors (Lipinski definition) is 1. The van der Waals surface area contributed by atoms with Gasteiger partial charge in [0.25, 0.3) is 5.91 Å². The van der Waals surface area contributed by atoms with Crippen LogP contribution in [-0.2, 0) is 27.7 Å². The van der Waals surface area contributed by atoms with Gasteiger partial charge in [-0.15, -0.1) is 0 Å². The van der Waals surface area contributed by atoms with E-state index >= 15 is 0 Å². The summed E-state index contributed by atoms with van der Waals surface area (Å²) in [5.74, 6) is -0.226. The maximum absolute atomic E-state index is 14.1. The summed E-state index contributed by atoms with van der Waals surface area (Å²) in [4.78, 5) is 24.1. The number of carbonyl (C=O) groups excluding carboxylic acids is 1. The van der Waals surface area contributed by atoms with Gasteiger partial charge < -0.3 is 10.5 Å². The molecule has 2 aliphatic carbocycles. The highest BCUT2D eigenvalue weighted by molar-refractivity contribution is 6.08. The van der Waals surface area contributed by atoms with Crippen molar-refractivity contribution < 1.29 is 31.5 Å². The molecule has 1 atom stereocenters. The predicted molar refractivity (Wildman–Crippen MR) is 125 cm³/mol. The molecule has 0 bridgehead atoms. The minimum Gasteiger partial charge on any atom is -0.369 e. The molecule has 2 spiro atoms. The van der Waals surface area contributed by atoms with Crippen LogP contribution in [0.2, 0.25) is 0 Å². The van der Waals surface area contributed by atoms with Crippen LogP contribution >= 0.6 is 0 Å². The molecule has 1 fully saturated rings. The number of guanidine groups is 1. The standard InChI is InChI=1S/C26H27F5N4O2/c1-14(2)35-21(36)25(34-23(35)32)20-10-15(17-9-18(13-33-12-17)26(29,30)31)3-4-16(20)11-24(25)7-5-19(6-8-24)37-22(27)28/h3-4,9-10,12-14,19,22H,5-8,11H2,1-2H3,(H2,32,34). The van der Waals surface area contributed by atoms with Gasteiger partial charge in [-0.1, -0.05) is 12.1 Å². The second-order valence-electron chi connectivity index (χ2n) is 10.3. The van der Waals surface area contributed by atoms with E-state index in [-0.39, 0.29) is 23.5 Å². The third-order valence-electron chi connectivity index (χ3n) is 7.95. The van der Waals surface area contributed by atoms with Crippen LogP contribution in [0.3, 0.4) is 0 Å². The Morgan fingerprint density at radius 1 is 1.11 bits per heavy atom. The van der Waals surface area contributed by atoms with E-state index in [4.69, 9.17) is 15.5 Å². The molecule has 1 aromatic carbocycles. The van der Waals surface area contributed by atoms with Crippen molar-refractivity contribution in [3.8, 4) is 11.1 Å². The van der Waals surface area contributed by atoms with Crippen molar-refractivity contribution in [1.29, 1.82) is 0 Å². The third-order valence-corrected chi connectivity index (χ3v) is 7.95. The number of fused-ring (bicyclic) bond motifs is 3.